The number of carbonyl (C=O) groups excluding carboxylic acids is 1. The molecule has 1 aliphatic heterocycles. The first-order valence-electron chi connectivity index (χ1n) is 7.20. The normalized spacial score (nSPS) is 44.2. The summed E-state index contributed by atoms with van der Waals surface area (Å²) in [6, 6.07) is 0.276. The number of ether oxygens (including phenoxy) is 1. The maximum atomic E-state index is 12.4. The smallest absolute Gasteiger partial charge is 0.226 e. The van der Waals surface area contributed by atoms with Crippen molar-refractivity contribution in [1.82, 2.24) is 5.32 Å². The Kier molecular flexibility index (Phi) is 4.28. The van der Waals surface area contributed by atoms with Crippen molar-refractivity contribution in [3.8, 4) is 0 Å². The lowest BCUT2D eigenvalue weighted by molar-refractivity contribution is -0.128. The van der Waals surface area contributed by atoms with E-state index in [-0.39, 0.29) is 36.0 Å². The quantitative estimate of drug-likeness (QED) is 0.797. The summed E-state index contributed by atoms with van der Waals surface area (Å²) in [6.45, 7) is 6.83. The molecule has 1 amide bonds. The molecule has 1 heterocycles. The Labute approximate surface area is 110 Å². The molecule has 1 aliphatic carbocycles. The molecule has 104 valence electrons. The molecule has 4 nitrogen and oxygen atoms in total. The summed E-state index contributed by atoms with van der Waals surface area (Å²) >= 11 is 0. The largest absolute Gasteiger partial charge is 0.374 e. The molecule has 0 aromatic rings. The fourth-order valence-electron chi connectivity index (χ4n) is 3.51. The third kappa shape index (κ3) is 2.54. The van der Waals surface area contributed by atoms with E-state index >= 15 is 0 Å². The molecule has 1 saturated heterocycles. The number of hydrogen-bond acceptors (Lipinski definition) is 3. The highest BCUT2D eigenvalue weighted by Crippen LogP contribution is 2.33. The molecule has 2 fully saturated rings. The molecule has 18 heavy (non-hydrogen) atoms. The van der Waals surface area contributed by atoms with E-state index < -0.39 is 0 Å². The first kappa shape index (κ1) is 13.8. The second-order valence-corrected chi connectivity index (χ2v) is 5.97. The summed E-state index contributed by atoms with van der Waals surface area (Å²) in [5.41, 5.74) is 5.75. The van der Waals surface area contributed by atoms with Crippen LogP contribution in [-0.2, 0) is 9.53 Å². The molecule has 2 aliphatic rings. The Bertz CT molecular complexity index is 308. The van der Waals surface area contributed by atoms with Crippen molar-refractivity contribution in [2.45, 2.75) is 58.3 Å². The van der Waals surface area contributed by atoms with Gasteiger partial charge in [-0.3, -0.25) is 4.79 Å². The summed E-state index contributed by atoms with van der Waals surface area (Å²) in [5.74, 6) is 0.890. The topological polar surface area (TPSA) is 64.3 Å². The van der Waals surface area contributed by atoms with Crippen LogP contribution in [0.3, 0.4) is 0 Å². The summed E-state index contributed by atoms with van der Waals surface area (Å²) in [7, 11) is 0. The monoisotopic (exact) mass is 254 g/mol. The number of rotatable bonds is 3. The third-order valence-electron chi connectivity index (χ3n) is 4.83. The van der Waals surface area contributed by atoms with Gasteiger partial charge in [-0.1, -0.05) is 13.3 Å². The molecule has 0 radical (unpaired) electrons. The Hall–Kier alpha value is -0.610. The fraction of sp³-hybridized carbons (Fsp3) is 0.929. The second-order valence-electron chi connectivity index (χ2n) is 5.97. The van der Waals surface area contributed by atoms with Gasteiger partial charge in [-0.25, -0.2) is 0 Å². The molecule has 2 rings (SSSR count). The van der Waals surface area contributed by atoms with Crippen LogP contribution < -0.4 is 11.1 Å². The first-order valence-corrected chi connectivity index (χ1v) is 7.20. The molecular formula is C14H26N2O2. The van der Waals surface area contributed by atoms with Crippen LogP contribution in [0.2, 0.25) is 0 Å². The van der Waals surface area contributed by atoms with E-state index in [9.17, 15) is 4.79 Å². The molecule has 0 aromatic heterocycles. The van der Waals surface area contributed by atoms with Gasteiger partial charge in [-0.05, 0) is 45.1 Å². The van der Waals surface area contributed by atoms with Crippen LogP contribution in [0.25, 0.3) is 0 Å². The van der Waals surface area contributed by atoms with Crippen molar-refractivity contribution in [1.29, 1.82) is 0 Å². The van der Waals surface area contributed by atoms with Gasteiger partial charge in [0, 0.05) is 6.04 Å². The Morgan fingerprint density at radius 1 is 1.28 bits per heavy atom. The molecule has 1 saturated carbocycles. The van der Waals surface area contributed by atoms with Gasteiger partial charge in [0.05, 0.1) is 18.1 Å². The summed E-state index contributed by atoms with van der Waals surface area (Å²) in [6.07, 6.45) is 3.58. The van der Waals surface area contributed by atoms with Crippen LogP contribution in [-0.4, -0.2) is 30.7 Å². The Morgan fingerprint density at radius 3 is 2.56 bits per heavy atom. The van der Waals surface area contributed by atoms with Gasteiger partial charge in [0.1, 0.15) is 0 Å². The average Bonchev–Trinajstić information content (AvgIpc) is 2.85. The van der Waals surface area contributed by atoms with Crippen molar-refractivity contribution in [2.24, 2.45) is 23.5 Å². The van der Waals surface area contributed by atoms with Crippen molar-refractivity contribution < 1.29 is 9.53 Å². The zero-order valence-corrected chi connectivity index (χ0v) is 11.7. The molecule has 6 unspecified atom stereocenters. The van der Waals surface area contributed by atoms with Gasteiger partial charge >= 0.3 is 0 Å². The van der Waals surface area contributed by atoms with E-state index in [1.807, 2.05) is 13.8 Å². The zero-order chi connectivity index (χ0) is 13.3. The summed E-state index contributed by atoms with van der Waals surface area (Å²) in [4.78, 5) is 12.4. The van der Waals surface area contributed by atoms with E-state index in [0.29, 0.717) is 12.5 Å². The highest BCUT2D eigenvalue weighted by Gasteiger charge is 2.42. The molecule has 0 spiro atoms. The van der Waals surface area contributed by atoms with Crippen LogP contribution in [0.5, 0.6) is 0 Å². The minimum atomic E-state index is -0.0148. The molecule has 0 bridgehead atoms. The van der Waals surface area contributed by atoms with Crippen molar-refractivity contribution >= 4 is 5.91 Å². The van der Waals surface area contributed by atoms with Crippen molar-refractivity contribution in [2.75, 3.05) is 6.54 Å². The Morgan fingerprint density at radius 2 is 2.00 bits per heavy atom. The van der Waals surface area contributed by atoms with Crippen LogP contribution in [0, 0.1) is 17.8 Å². The summed E-state index contributed by atoms with van der Waals surface area (Å²) < 4.78 is 5.74. The van der Waals surface area contributed by atoms with Crippen molar-refractivity contribution in [3.63, 3.8) is 0 Å². The number of nitrogens with one attached hydrogen (secondary N) is 1. The van der Waals surface area contributed by atoms with E-state index in [1.54, 1.807) is 0 Å². The van der Waals surface area contributed by atoms with Gasteiger partial charge in [-0.15, -0.1) is 0 Å². The van der Waals surface area contributed by atoms with E-state index in [2.05, 4.69) is 12.2 Å². The van der Waals surface area contributed by atoms with Gasteiger partial charge < -0.3 is 15.8 Å². The molecular weight excluding hydrogens is 228 g/mol. The van der Waals surface area contributed by atoms with E-state index in [0.717, 1.165) is 12.8 Å². The maximum absolute atomic E-state index is 12.4. The molecule has 0 aromatic carbocycles. The number of carbonyl (C=O) groups is 1. The fourth-order valence-corrected chi connectivity index (χ4v) is 3.51. The van der Waals surface area contributed by atoms with Crippen LogP contribution >= 0.6 is 0 Å². The number of hydrogen-bond donors (Lipinski definition) is 2. The zero-order valence-electron chi connectivity index (χ0n) is 11.7. The second kappa shape index (κ2) is 5.57. The van der Waals surface area contributed by atoms with Gasteiger partial charge in [0.25, 0.3) is 0 Å². The standard InChI is InChI=1S/C14H26N2O2/c1-8-9(2)18-10(3)13(8)14(17)16-12-6-4-5-11(12)7-15/h8-13H,4-7,15H2,1-3H3,(H,16,17). The molecule has 6 atom stereocenters. The lowest BCUT2D eigenvalue weighted by Gasteiger charge is -2.24. The van der Waals surface area contributed by atoms with E-state index in [4.69, 9.17) is 10.5 Å². The lowest BCUT2D eigenvalue weighted by atomic mass is 9.88. The Balaban J connectivity index is 1.95. The minimum absolute atomic E-state index is 0.0148. The average molecular weight is 254 g/mol. The lowest BCUT2D eigenvalue weighted by Crippen LogP contribution is -2.45. The van der Waals surface area contributed by atoms with Crippen LogP contribution in [0.1, 0.15) is 40.0 Å². The van der Waals surface area contributed by atoms with Crippen LogP contribution in [0.4, 0.5) is 0 Å². The number of nitrogens with two attached hydrogens (primary N) is 1. The van der Waals surface area contributed by atoms with E-state index in [1.165, 1.54) is 6.42 Å². The maximum Gasteiger partial charge on any atom is 0.226 e. The summed E-state index contributed by atoms with van der Waals surface area (Å²) in [5, 5.41) is 3.20. The highest BCUT2D eigenvalue weighted by molar-refractivity contribution is 5.80. The number of amides is 1. The van der Waals surface area contributed by atoms with Crippen LogP contribution in [0.15, 0.2) is 0 Å². The third-order valence-corrected chi connectivity index (χ3v) is 4.83. The predicted octanol–water partition coefficient (Wildman–Crippen LogP) is 1.29. The predicted molar refractivity (Wildman–Crippen MR) is 71.0 cm³/mol. The first-order chi connectivity index (χ1) is 8.54. The van der Waals surface area contributed by atoms with Gasteiger partial charge in [-0.2, -0.15) is 0 Å². The molecule has 4 heteroatoms. The van der Waals surface area contributed by atoms with Gasteiger partial charge in [0.15, 0.2) is 0 Å². The minimum Gasteiger partial charge on any atom is -0.374 e. The van der Waals surface area contributed by atoms with Crippen molar-refractivity contribution in [3.05, 3.63) is 0 Å². The van der Waals surface area contributed by atoms with Gasteiger partial charge in [0.2, 0.25) is 5.91 Å². The highest BCUT2D eigenvalue weighted by atomic mass is 16.5. The SMILES string of the molecule is CC1OC(C)C(C(=O)NC2CCCC2CN)C1C. The molecule has 3 N–H and O–H groups in total.